The summed E-state index contributed by atoms with van der Waals surface area (Å²) in [7, 11) is 0. The lowest BCUT2D eigenvalue weighted by molar-refractivity contribution is -0.282. The number of piperidine rings is 1. The van der Waals surface area contributed by atoms with Crippen LogP contribution in [0.3, 0.4) is 0 Å². The second-order valence-electron chi connectivity index (χ2n) is 5.77. The van der Waals surface area contributed by atoms with Gasteiger partial charge in [-0.3, -0.25) is 4.79 Å². The molecule has 3 rings (SSSR count). The Morgan fingerprint density at radius 3 is 2.22 bits per heavy atom. The van der Waals surface area contributed by atoms with Crippen LogP contribution in [0.5, 0.6) is 0 Å². The summed E-state index contributed by atoms with van der Waals surface area (Å²) >= 11 is 0. The van der Waals surface area contributed by atoms with Gasteiger partial charge < -0.3 is 14.4 Å². The van der Waals surface area contributed by atoms with Gasteiger partial charge in [0.15, 0.2) is 5.79 Å². The van der Waals surface area contributed by atoms with Crippen LogP contribution in [0.15, 0.2) is 0 Å². The monoisotopic (exact) mass is 253 g/mol. The van der Waals surface area contributed by atoms with E-state index in [1.54, 1.807) is 0 Å². The van der Waals surface area contributed by atoms with Crippen LogP contribution >= 0.6 is 0 Å². The molecule has 0 radical (unpaired) electrons. The first kappa shape index (κ1) is 12.4. The zero-order valence-corrected chi connectivity index (χ0v) is 11.0. The number of ether oxygens (including phenoxy) is 2. The molecule has 0 aromatic rings. The molecule has 102 valence electrons. The van der Waals surface area contributed by atoms with Crippen molar-refractivity contribution in [3.63, 3.8) is 0 Å². The van der Waals surface area contributed by atoms with Crippen LogP contribution in [0, 0.1) is 5.92 Å². The van der Waals surface area contributed by atoms with Crippen LogP contribution in [-0.2, 0) is 14.3 Å². The van der Waals surface area contributed by atoms with E-state index in [2.05, 4.69) is 0 Å². The van der Waals surface area contributed by atoms with Gasteiger partial charge in [0.1, 0.15) is 0 Å². The highest BCUT2D eigenvalue weighted by atomic mass is 16.7. The van der Waals surface area contributed by atoms with E-state index in [9.17, 15) is 4.79 Å². The predicted molar refractivity (Wildman–Crippen MR) is 67.0 cm³/mol. The fourth-order valence-corrected chi connectivity index (χ4v) is 3.40. The van der Waals surface area contributed by atoms with Crippen molar-refractivity contribution in [3.05, 3.63) is 0 Å². The van der Waals surface area contributed by atoms with Crippen LogP contribution in [0.25, 0.3) is 0 Å². The van der Waals surface area contributed by atoms with Crippen molar-refractivity contribution >= 4 is 5.91 Å². The Hall–Kier alpha value is -0.610. The highest BCUT2D eigenvalue weighted by Crippen LogP contribution is 2.33. The van der Waals surface area contributed by atoms with Gasteiger partial charge in [0, 0.05) is 31.8 Å². The molecule has 4 heteroatoms. The first-order valence-electron chi connectivity index (χ1n) is 7.36. The van der Waals surface area contributed by atoms with Gasteiger partial charge in [0.05, 0.1) is 13.2 Å². The smallest absolute Gasteiger partial charge is 0.225 e. The predicted octanol–water partition coefficient (Wildman–Crippen LogP) is 1.93. The molecule has 0 aromatic heterocycles. The number of amides is 1. The van der Waals surface area contributed by atoms with Gasteiger partial charge in [-0.1, -0.05) is 12.8 Å². The molecule has 1 aliphatic carbocycles. The Morgan fingerprint density at radius 1 is 1.00 bits per heavy atom. The molecule has 1 spiro atoms. The maximum atomic E-state index is 12.3. The van der Waals surface area contributed by atoms with Gasteiger partial charge in [-0.15, -0.1) is 0 Å². The number of carbonyl (C=O) groups is 1. The van der Waals surface area contributed by atoms with Crippen molar-refractivity contribution in [2.24, 2.45) is 5.92 Å². The Kier molecular flexibility index (Phi) is 3.57. The molecule has 0 aromatic carbocycles. The molecule has 0 unspecified atom stereocenters. The van der Waals surface area contributed by atoms with Crippen LogP contribution in [0.1, 0.15) is 44.9 Å². The first-order valence-corrected chi connectivity index (χ1v) is 7.36. The van der Waals surface area contributed by atoms with Crippen LogP contribution in [-0.4, -0.2) is 42.9 Å². The van der Waals surface area contributed by atoms with E-state index in [4.69, 9.17) is 9.47 Å². The van der Waals surface area contributed by atoms with Gasteiger partial charge in [-0.2, -0.15) is 0 Å². The number of nitrogens with zero attached hydrogens (tertiary/aromatic N) is 1. The molecular formula is C14H23NO3. The lowest BCUT2D eigenvalue weighted by Crippen LogP contribution is -2.52. The molecule has 4 nitrogen and oxygen atoms in total. The Labute approximate surface area is 109 Å². The van der Waals surface area contributed by atoms with Crippen molar-refractivity contribution in [3.8, 4) is 0 Å². The van der Waals surface area contributed by atoms with Crippen LogP contribution in [0.2, 0.25) is 0 Å². The summed E-state index contributed by atoms with van der Waals surface area (Å²) in [5.41, 5.74) is 0. The minimum atomic E-state index is -0.370. The van der Waals surface area contributed by atoms with E-state index in [1.807, 2.05) is 4.90 Å². The van der Waals surface area contributed by atoms with Gasteiger partial charge in [-0.25, -0.2) is 0 Å². The summed E-state index contributed by atoms with van der Waals surface area (Å²) < 4.78 is 11.6. The zero-order chi connectivity index (χ0) is 12.4. The van der Waals surface area contributed by atoms with Crippen molar-refractivity contribution in [1.29, 1.82) is 0 Å². The molecule has 0 bridgehead atoms. The molecular weight excluding hydrogens is 230 g/mol. The fourth-order valence-electron chi connectivity index (χ4n) is 3.40. The lowest BCUT2D eigenvalue weighted by Gasteiger charge is -2.43. The zero-order valence-electron chi connectivity index (χ0n) is 11.0. The topological polar surface area (TPSA) is 38.8 Å². The summed E-state index contributed by atoms with van der Waals surface area (Å²) in [6.07, 6.45) is 7.30. The summed E-state index contributed by atoms with van der Waals surface area (Å²) in [6.45, 7) is 3.21. The van der Waals surface area contributed by atoms with E-state index in [0.717, 1.165) is 58.4 Å². The van der Waals surface area contributed by atoms with Gasteiger partial charge in [-0.05, 0) is 19.3 Å². The van der Waals surface area contributed by atoms with Gasteiger partial charge in [0.2, 0.25) is 5.91 Å². The molecule has 2 heterocycles. The lowest BCUT2D eigenvalue weighted by atomic mass is 9.99. The first-order chi connectivity index (χ1) is 8.79. The minimum Gasteiger partial charge on any atom is -0.350 e. The summed E-state index contributed by atoms with van der Waals surface area (Å²) in [4.78, 5) is 14.3. The second kappa shape index (κ2) is 5.17. The highest BCUT2D eigenvalue weighted by molar-refractivity contribution is 5.79. The normalized spacial score (nSPS) is 28.8. The third-order valence-corrected chi connectivity index (χ3v) is 4.56. The highest BCUT2D eigenvalue weighted by Gasteiger charge is 2.40. The second-order valence-corrected chi connectivity index (χ2v) is 5.77. The van der Waals surface area contributed by atoms with Gasteiger partial charge >= 0.3 is 0 Å². The third-order valence-electron chi connectivity index (χ3n) is 4.56. The number of hydrogen-bond donors (Lipinski definition) is 0. The minimum absolute atomic E-state index is 0.298. The maximum Gasteiger partial charge on any atom is 0.225 e. The van der Waals surface area contributed by atoms with Crippen molar-refractivity contribution in [2.45, 2.75) is 50.7 Å². The Morgan fingerprint density at radius 2 is 1.61 bits per heavy atom. The van der Waals surface area contributed by atoms with E-state index in [-0.39, 0.29) is 5.79 Å². The van der Waals surface area contributed by atoms with Crippen LogP contribution in [0.4, 0.5) is 0 Å². The molecule has 0 atom stereocenters. The third kappa shape index (κ3) is 2.41. The molecule has 2 saturated heterocycles. The molecule has 3 aliphatic rings. The SMILES string of the molecule is O=C(C1CCCC1)N1CCC2(CC1)OCCCO2. The average Bonchev–Trinajstić information content (AvgIpc) is 2.94. The Balaban J connectivity index is 1.54. The Bertz CT molecular complexity index is 296. The van der Waals surface area contributed by atoms with E-state index >= 15 is 0 Å². The average molecular weight is 253 g/mol. The van der Waals surface area contributed by atoms with Crippen molar-refractivity contribution < 1.29 is 14.3 Å². The van der Waals surface area contributed by atoms with E-state index < -0.39 is 0 Å². The molecule has 1 amide bonds. The summed E-state index contributed by atoms with van der Waals surface area (Å²) in [5.74, 6) is 0.301. The van der Waals surface area contributed by atoms with Gasteiger partial charge in [0.25, 0.3) is 0 Å². The van der Waals surface area contributed by atoms with Crippen molar-refractivity contribution in [1.82, 2.24) is 4.90 Å². The standard InChI is InChI=1S/C14H23NO3/c16-13(12-4-1-2-5-12)15-8-6-14(7-9-15)17-10-3-11-18-14/h12H,1-11H2. The summed E-state index contributed by atoms with van der Waals surface area (Å²) in [5, 5.41) is 0. The van der Waals surface area contributed by atoms with Crippen LogP contribution < -0.4 is 0 Å². The number of rotatable bonds is 1. The molecule has 2 aliphatic heterocycles. The van der Waals surface area contributed by atoms with E-state index in [1.165, 1.54) is 12.8 Å². The number of carbonyl (C=O) groups excluding carboxylic acids is 1. The molecule has 18 heavy (non-hydrogen) atoms. The number of likely N-dealkylation sites (tertiary alicyclic amines) is 1. The molecule has 3 fully saturated rings. The fraction of sp³-hybridized carbons (Fsp3) is 0.929. The maximum absolute atomic E-state index is 12.3. The molecule has 0 N–H and O–H groups in total. The van der Waals surface area contributed by atoms with Crippen molar-refractivity contribution in [2.75, 3.05) is 26.3 Å². The van der Waals surface area contributed by atoms with E-state index in [0.29, 0.717) is 11.8 Å². The largest absolute Gasteiger partial charge is 0.350 e. The quantitative estimate of drug-likeness (QED) is 0.717. The number of hydrogen-bond acceptors (Lipinski definition) is 3. The summed E-state index contributed by atoms with van der Waals surface area (Å²) in [6, 6.07) is 0. The molecule has 1 saturated carbocycles.